The van der Waals surface area contributed by atoms with Gasteiger partial charge in [-0.1, -0.05) is 0 Å². The zero-order valence-corrected chi connectivity index (χ0v) is 15.8. The number of phenolic OH excluding ortho intramolecular Hbond substituents is 1. The Morgan fingerprint density at radius 1 is 1.24 bits per heavy atom. The Labute approximate surface area is 154 Å². The van der Waals surface area contributed by atoms with Crippen LogP contribution in [-0.2, 0) is 11.4 Å². The summed E-state index contributed by atoms with van der Waals surface area (Å²) < 4.78 is 0.804. The maximum absolute atomic E-state index is 9.38. The van der Waals surface area contributed by atoms with E-state index in [0.717, 1.165) is 32.8 Å². The van der Waals surface area contributed by atoms with Gasteiger partial charge in [0.2, 0.25) is 0 Å². The zero-order valence-electron chi connectivity index (χ0n) is 13.4. The normalized spacial score (nSPS) is 15.9. The topological polar surface area (TPSA) is 70.5 Å². The van der Waals surface area contributed by atoms with Crippen molar-refractivity contribution in [1.29, 1.82) is 0 Å². The Kier molecular flexibility index (Phi) is 4.30. The summed E-state index contributed by atoms with van der Waals surface area (Å²) in [6.07, 6.45) is 7.65. The van der Waals surface area contributed by atoms with Crippen LogP contribution in [0.15, 0.2) is 66.3 Å². The SMILES string of the molecule is Oc1ccc(CON2C=CC=C3NCC(c4ccnc([AsH2])n4)=C32)cc1. The fourth-order valence-electron chi connectivity index (χ4n) is 2.79. The predicted molar refractivity (Wildman–Crippen MR) is 97.1 cm³/mol. The molecule has 0 spiro atoms. The van der Waals surface area contributed by atoms with E-state index in [1.165, 1.54) is 16.9 Å². The van der Waals surface area contributed by atoms with E-state index in [0.29, 0.717) is 13.2 Å². The third-order valence-electron chi connectivity index (χ3n) is 3.99. The number of hydroxylamine groups is 2. The predicted octanol–water partition coefficient (Wildman–Crippen LogP) is 0.600. The molecule has 0 saturated carbocycles. The molecular formula is C18H17AsN4O2. The number of aromatic hydroxyl groups is 1. The summed E-state index contributed by atoms with van der Waals surface area (Å²) in [6.45, 7) is 1.10. The van der Waals surface area contributed by atoms with E-state index in [-0.39, 0.29) is 5.75 Å². The van der Waals surface area contributed by atoms with E-state index in [4.69, 9.17) is 4.84 Å². The van der Waals surface area contributed by atoms with E-state index in [1.54, 1.807) is 23.4 Å². The van der Waals surface area contributed by atoms with Gasteiger partial charge < -0.3 is 5.11 Å². The molecule has 2 aromatic rings. The van der Waals surface area contributed by atoms with Gasteiger partial charge in [0, 0.05) is 0 Å². The van der Waals surface area contributed by atoms with Gasteiger partial charge in [-0.2, -0.15) is 0 Å². The molecule has 1 unspecified atom stereocenters. The third kappa shape index (κ3) is 3.31. The number of hydrogen-bond donors (Lipinski definition) is 2. The van der Waals surface area contributed by atoms with Crippen molar-refractivity contribution in [3.8, 4) is 5.75 Å². The molecule has 0 saturated heterocycles. The summed E-state index contributed by atoms with van der Waals surface area (Å²) >= 11 is 1.40. The molecule has 7 heteroatoms. The average Bonchev–Trinajstić information content (AvgIpc) is 3.06. The molecule has 3 heterocycles. The molecule has 4 rings (SSSR count). The van der Waals surface area contributed by atoms with Crippen molar-refractivity contribution >= 4 is 27.0 Å². The Hall–Kier alpha value is -2.56. The molecule has 1 aromatic heterocycles. The summed E-state index contributed by atoms with van der Waals surface area (Å²) in [5.41, 5.74) is 4.98. The van der Waals surface area contributed by atoms with Crippen molar-refractivity contribution in [1.82, 2.24) is 20.3 Å². The molecule has 2 N–H and O–H groups in total. The Balaban J connectivity index is 1.61. The summed E-state index contributed by atoms with van der Waals surface area (Å²) in [7, 11) is 0. The molecule has 1 atom stereocenters. The average molecular weight is 396 g/mol. The summed E-state index contributed by atoms with van der Waals surface area (Å²) in [5.74, 6) is 0.248. The van der Waals surface area contributed by atoms with E-state index in [2.05, 4.69) is 15.3 Å². The van der Waals surface area contributed by atoms with Crippen LogP contribution in [0.25, 0.3) is 5.57 Å². The van der Waals surface area contributed by atoms with Gasteiger partial charge in [0.25, 0.3) is 0 Å². The Morgan fingerprint density at radius 2 is 2.08 bits per heavy atom. The number of nitrogens with one attached hydrogen (secondary N) is 1. The quantitative estimate of drug-likeness (QED) is 0.738. The molecule has 126 valence electrons. The number of hydrogen-bond acceptors (Lipinski definition) is 6. The van der Waals surface area contributed by atoms with Gasteiger partial charge in [0.15, 0.2) is 0 Å². The van der Waals surface area contributed by atoms with Gasteiger partial charge >= 0.3 is 149 Å². The molecule has 2 aliphatic heterocycles. The number of nitrogens with zero attached hydrogens (tertiary/aromatic N) is 3. The number of rotatable bonds is 4. The zero-order chi connectivity index (χ0) is 17.2. The van der Waals surface area contributed by atoms with Gasteiger partial charge in [0.1, 0.15) is 0 Å². The Morgan fingerprint density at radius 3 is 2.88 bits per heavy atom. The van der Waals surface area contributed by atoms with Crippen LogP contribution in [0.5, 0.6) is 5.75 Å². The van der Waals surface area contributed by atoms with Crippen molar-refractivity contribution in [2.75, 3.05) is 6.54 Å². The minimum absolute atomic E-state index is 0.248. The molecule has 0 amide bonds. The molecular weight excluding hydrogens is 379 g/mol. The van der Waals surface area contributed by atoms with Crippen LogP contribution in [0.4, 0.5) is 0 Å². The molecule has 2 aliphatic rings. The van der Waals surface area contributed by atoms with Crippen LogP contribution < -0.4 is 9.93 Å². The number of aromatic nitrogens is 2. The van der Waals surface area contributed by atoms with Gasteiger partial charge in [0.05, 0.1) is 0 Å². The van der Waals surface area contributed by atoms with Gasteiger partial charge in [-0.25, -0.2) is 0 Å². The van der Waals surface area contributed by atoms with Crippen molar-refractivity contribution < 1.29 is 9.94 Å². The van der Waals surface area contributed by atoms with Crippen LogP contribution in [0.2, 0.25) is 0 Å². The molecule has 0 aliphatic carbocycles. The standard InChI is InChI=1S/C18H17AsN4O2/c19-18-20-8-7-15(22-18)14-10-21-16-2-1-9-23(17(14)16)25-11-12-3-5-13(24)6-4-12/h1-9,21,24H,10-11,19H2. The molecule has 0 radical (unpaired) electrons. The molecule has 0 bridgehead atoms. The van der Waals surface area contributed by atoms with Crippen LogP contribution >= 0.6 is 0 Å². The van der Waals surface area contributed by atoms with Gasteiger partial charge in [-0.3, -0.25) is 0 Å². The van der Waals surface area contributed by atoms with Crippen LogP contribution in [0.3, 0.4) is 0 Å². The summed E-state index contributed by atoms with van der Waals surface area (Å²) in [4.78, 5) is 14.8. The first kappa shape index (κ1) is 15.9. The monoisotopic (exact) mass is 396 g/mol. The Bertz CT molecular complexity index is 890. The third-order valence-corrected chi connectivity index (χ3v) is 4.57. The van der Waals surface area contributed by atoms with Gasteiger partial charge in [-0.05, 0) is 0 Å². The molecule has 0 fully saturated rings. The molecule has 6 nitrogen and oxygen atoms in total. The summed E-state index contributed by atoms with van der Waals surface area (Å²) in [6, 6.07) is 8.93. The minimum atomic E-state index is 0.248. The number of fused-ring (bicyclic) bond motifs is 1. The number of benzene rings is 1. The second-order valence-corrected chi connectivity index (χ2v) is 6.75. The van der Waals surface area contributed by atoms with Crippen molar-refractivity contribution in [3.05, 3.63) is 77.5 Å². The van der Waals surface area contributed by atoms with E-state index >= 15 is 0 Å². The van der Waals surface area contributed by atoms with Gasteiger partial charge in [-0.15, -0.1) is 0 Å². The first-order chi connectivity index (χ1) is 12.2. The fraction of sp³-hybridized carbons (Fsp3) is 0.111. The van der Waals surface area contributed by atoms with Crippen LogP contribution in [0.1, 0.15) is 11.3 Å². The van der Waals surface area contributed by atoms with Crippen molar-refractivity contribution in [2.45, 2.75) is 6.61 Å². The van der Waals surface area contributed by atoms with Crippen molar-refractivity contribution in [2.24, 2.45) is 0 Å². The first-order valence-electron chi connectivity index (χ1n) is 7.85. The second-order valence-electron chi connectivity index (χ2n) is 5.67. The first-order valence-corrected chi connectivity index (χ1v) is 9.07. The van der Waals surface area contributed by atoms with Crippen LogP contribution in [-0.4, -0.2) is 43.5 Å². The van der Waals surface area contributed by atoms with Crippen LogP contribution in [0, 0.1) is 0 Å². The number of allylic oxidation sites excluding steroid dienone is 2. The maximum atomic E-state index is 9.38. The summed E-state index contributed by atoms with van der Waals surface area (Å²) in [5, 5.41) is 14.5. The van der Waals surface area contributed by atoms with E-state index < -0.39 is 0 Å². The number of phenols is 1. The van der Waals surface area contributed by atoms with E-state index in [9.17, 15) is 5.11 Å². The molecule has 1 aromatic carbocycles. The fourth-order valence-corrected chi connectivity index (χ4v) is 3.27. The second kappa shape index (κ2) is 6.74. The van der Waals surface area contributed by atoms with E-state index in [1.807, 2.05) is 36.6 Å². The molecule has 25 heavy (non-hydrogen) atoms. The van der Waals surface area contributed by atoms with Crippen molar-refractivity contribution in [3.63, 3.8) is 0 Å².